The van der Waals surface area contributed by atoms with Crippen molar-refractivity contribution in [2.24, 2.45) is 0 Å². The van der Waals surface area contributed by atoms with Gasteiger partial charge in [-0.25, -0.2) is 0 Å². The summed E-state index contributed by atoms with van der Waals surface area (Å²) in [4.78, 5) is 33.5. The number of carboxylic acid groups (broad SMARTS) is 1. The van der Waals surface area contributed by atoms with Gasteiger partial charge in [0.05, 0.1) is 22.8 Å². The lowest BCUT2D eigenvalue weighted by Crippen LogP contribution is -2.22. The van der Waals surface area contributed by atoms with E-state index in [-0.39, 0.29) is 23.3 Å². The van der Waals surface area contributed by atoms with Gasteiger partial charge in [-0.2, -0.15) is 0 Å². The highest BCUT2D eigenvalue weighted by atomic mass is 32.2. The Hall–Kier alpha value is -2.02. The molecule has 0 spiro atoms. The van der Waals surface area contributed by atoms with E-state index in [4.69, 9.17) is 5.11 Å². The SMILES string of the molecule is CNC(=O)c1ccccc1NC(=O)CSCC(=O)O. The molecule has 2 amide bonds. The maximum atomic E-state index is 11.6. The maximum absolute atomic E-state index is 11.6. The molecular weight excluding hydrogens is 268 g/mol. The van der Waals surface area contributed by atoms with Crippen LogP contribution in [0.5, 0.6) is 0 Å². The number of carbonyl (C=O) groups excluding carboxylic acids is 2. The van der Waals surface area contributed by atoms with Crippen molar-refractivity contribution in [2.75, 3.05) is 23.9 Å². The summed E-state index contributed by atoms with van der Waals surface area (Å²) in [6, 6.07) is 6.61. The fourth-order valence-electron chi connectivity index (χ4n) is 1.34. The molecular formula is C12H14N2O4S. The third-order valence-corrected chi connectivity index (χ3v) is 3.05. The van der Waals surface area contributed by atoms with Crippen LogP contribution in [0.4, 0.5) is 5.69 Å². The van der Waals surface area contributed by atoms with E-state index in [1.165, 1.54) is 7.05 Å². The minimum Gasteiger partial charge on any atom is -0.481 e. The summed E-state index contributed by atoms with van der Waals surface area (Å²) in [5.74, 6) is -1.72. The lowest BCUT2D eigenvalue weighted by molar-refractivity contribution is -0.133. The van der Waals surface area contributed by atoms with E-state index in [0.717, 1.165) is 11.8 Å². The monoisotopic (exact) mass is 282 g/mol. The van der Waals surface area contributed by atoms with Gasteiger partial charge >= 0.3 is 5.97 Å². The summed E-state index contributed by atoms with van der Waals surface area (Å²) in [7, 11) is 1.50. The highest BCUT2D eigenvalue weighted by Crippen LogP contribution is 2.15. The zero-order chi connectivity index (χ0) is 14.3. The van der Waals surface area contributed by atoms with Crippen molar-refractivity contribution in [2.45, 2.75) is 0 Å². The number of thioether (sulfide) groups is 1. The van der Waals surface area contributed by atoms with E-state index in [1.807, 2.05) is 0 Å². The van der Waals surface area contributed by atoms with Crippen LogP contribution in [0.15, 0.2) is 24.3 Å². The molecule has 1 aromatic rings. The summed E-state index contributed by atoms with van der Waals surface area (Å²) in [6.45, 7) is 0. The number of amides is 2. The predicted molar refractivity (Wildman–Crippen MR) is 73.4 cm³/mol. The fourth-order valence-corrected chi connectivity index (χ4v) is 1.88. The molecule has 1 rings (SSSR count). The number of aliphatic carboxylic acids is 1. The molecule has 0 saturated carbocycles. The van der Waals surface area contributed by atoms with Gasteiger partial charge < -0.3 is 15.7 Å². The lowest BCUT2D eigenvalue weighted by Gasteiger charge is -2.09. The molecule has 1 aromatic carbocycles. The molecule has 6 nitrogen and oxygen atoms in total. The number of carbonyl (C=O) groups is 3. The minimum atomic E-state index is -0.969. The Kier molecular flexibility index (Phi) is 5.87. The summed E-state index contributed by atoms with van der Waals surface area (Å²) >= 11 is 0.997. The van der Waals surface area contributed by atoms with E-state index < -0.39 is 5.97 Å². The van der Waals surface area contributed by atoms with Crippen molar-refractivity contribution < 1.29 is 19.5 Å². The molecule has 0 heterocycles. The van der Waals surface area contributed by atoms with Crippen LogP contribution in [0.25, 0.3) is 0 Å². The second-order valence-electron chi connectivity index (χ2n) is 3.56. The second-order valence-corrected chi connectivity index (χ2v) is 4.55. The number of carboxylic acids is 1. The normalized spacial score (nSPS) is 9.74. The minimum absolute atomic E-state index is 0.0222. The van der Waals surface area contributed by atoms with E-state index in [1.54, 1.807) is 24.3 Å². The Labute approximate surface area is 114 Å². The van der Waals surface area contributed by atoms with Gasteiger partial charge in [0.25, 0.3) is 5.91 Å². The molecule has 0 atom stereocenters. The highest BCUT2D eigenvalue weighted by Gasteiger charge is 2.11. The van der Waals surface area contributed by atoms with Crippen molar-refractivity contribution in [1.82, 2.24) is 5.32 Å². The van der Waals surface area contributed by atoms with Crippen LogP contribution in [-0.4, -0.2) is 41.4 Å². The number of nitrogens with one attached hydrogen (secondary N) is 2. The first kappa shape index (κ1) is 15.0. The molecule has 19 heavy (non-hydrogen) atoms. The number of para-hydroxylation sites is 1. The molecule has 7 heteroatoms. The molecule has 0 unspecified atom stereocenters. The molecule has 0 aliphatic heterocycles. The zero-order valence-corrected chi connectivity index (χ0v) is 11.1. The first-order valence-electron chi connectivity index (χ1n) is 5.45. The Morgan fingerprint density at radius 2 is 1.89 bits per heavy atom. The number of hydrogen-bond acceptors (Lipinski definition) is 4. The molecule has 0 aliphatic carbocycles. The van der Waals surface area contributed by atoms with Gasteiger partial charge in [0, 0.05) is 7.05 Å². The standard InChI is InChI=1S/C12H14N2O4S/c1-13-12(18)8-4-2-3-5-9(8)14-10(15)6-19-7-11(16)17/h2-5H,6-7H2,1H3,(H,13,18)(H,14,15)(H,16,17). The van der Waals surface area contributed by atoms with Crippen LogP contribution in [0, 0.1) is 0 Å². The first-order chi connectivity index (χ1) is 9.04. The van der Waals surface area contributed by atoms with Crippen LogP contribution in [0.1, 0.15) is 10.4 Å². The van der Waals surface area contributed by atoms with Gasteiger partial charge in [0.15, 0.2) is 0 Å². The number of benzene rings is 1. The maximum Gasteiger partial charge on any atom is 0.313 e. The van der Waals surface area contributed by atoms with Gasteiger partial charge in [-0.3, -0.25) is 14.4 Å². The van der Waals surface area contributed by atoms with Crippen molar-refractivity contribution in [3.63, 3.8) is 0 Å². The van der Waals surface area contributed by atoms with Crippen molar-refractivity contribution in [3.05, 3.63) is 29.8 Å². The Balaban J connectivity index is 2.64. The van der Waals surface area contributed by atoms with E-state index >= 15 is 0 Å². The second kappa shape index (κ2) is 7.42. The van der Waals surface area contributed by atoms with Crippen LogP contribution in [0.3, 0.4) is 0 Å². The van der Waals surface area contributed by atoms with Crippen LogP contribution >= 0.6 is 11.8 Å². The molecule has 0 fully saturated rings. The van der Waals surface area contributed by atoms with E-state index in [0.29, 0.717) is 11.3 Å². The van der Waals surface area contributed by atoms with Crippen LogP contribution in [0.2, 0.25) is 0 Å². The Bertz CT molecular complexity index is 490. The Morgan fingerprint density at radius 3 is 2.53 bits per heavy atom. The van der Waals surface area contributed by atoms with E-state index in [9.17, 15) is 14.4 Å². The van der Waals surface area contributed by atoms with Gasteiger partial charge in [-0.1, -0.05) is 12.1 Å². The summed E-state index contributed by atoms with van der Waals surface area (Å²) in [5.41, 5.74) is 0.768. The predicted octanol–water partition coefficient (Wildman–Crippen LogP) is 0.802. The topological polar surface area (TPSA) is 95.5 Å². The summed E-state index contributed by atoms with van der Waals surface area (Å²) in [6.07, 6.45) is 0. The number of hydrogen-bond donors (Lipinski definition) is 3. The average Bonchev–Trinajstić information content (AvgIpc) is 2.38. The molecule has 0 bridgehead atoms. The van der Waals surface area contributed by atoms with Gasteiger partial charge in [0.2, 0.25) is 5.91 Å². The molecule has 0 radical (unpaired) electrons. The third kappa shape index (κ3) is 5.01. The Morgan fingerprint density at radius 1 is 1.21 bits per heavy atom. The number of anilines is 1. The lowest BCUT2D eigenvalue weighted by atomic mass is 10.1. The molecule has 102 valence electrons. The van der Waals surface area contributed by atoms with Crippen LogP contribution in [-0.2, 0) is 9.59 Å². The highest BCUT2D eigenvalue weighted by molar-refractivity contribution is 8.00. The van der Waals surface area contributed by atoms with Crippen molar-refractivity contribution in [1.29, 1.82) is 0 Å². The fraction of sp³-hybridized carbons (Fsp3) is 0.250. The van der Waals surface area contributed by atoms with Crippen molar-refractivity contribution >= 4 is 35.2 Å². The van der Waals surface area contributed by atoms with Gasteiger partial charge in [-0.15, -0.1) is 11.8 Å². The van der Waals surface area contributed by atoms with Crippen molar-refractivity contribution in [3.8, 4) is 0 Å². The number of rotatable bonds is 6. The summed E-state index contributed by atoms with van der Waals surface area (Å²) in [5, 5.41) is 13.5. The molecule has 0 aromatic heterocycles. The smallest absolute Gasteiger partial charge is 0.313 e. The molecule has 0 aliphatic rings. The summed E-state index contributed by atoms with van der Waals surface area (Å²) < 4.78 is 0. The first-order valence-corrected chi connectivity index (χ1v) is 6.60. The average molecular weight is 282 g/mol. The van der Waals surface area contributed by atoms with E-state index in [2.05, 4.69) is 10.6 Å². The zero-order valence-electron chi connectivity index (χ0n) is 10.3. The van der Waals surface area contributed by atoms with Gasteiger partial charge in [-0.05, 0) is 12.1 Å². The van der Waals surface area contributed by atoms with Gasteiger partial charge in [0.1, 0.15) is 0 Å². The largest absolute Gasteiger partial charge is 0.481 e. The third-order valence-electron chi connectivity index (χ3n) is 2.13. The van der Waals surface area contributed by atoms with Crippen LogP contribution < -0.4 is 10.6 Å². The molecule has 3 N–H and O–H groups in total. The molecule has 0 saturated heterocycles. The quantitative estimate of drug-likeness (QED) is 0.717.